The smallest absolute Gasteiger partial charge is 0.277 e. The van der Waals surface area contributed by atoms with E-state index in [4.69, 9.17) is 23.7 Å². The van der Waals surface area contributed by atoms with Crippen LogP contribution in [0.4, 0.5) is 0 Å². The van der Waals surface area contributed by atoms with E-state index in [9.17, 15) is 4.79 Å². The minimum Gasteiger partial charge on any atom is -0.493 e. The molecular weight excluding hydrogens is 388 g/mol. The summed E-state index contributed by atoms with van der Waals surface area (Å²) in [6.45, 7) is 3.49. The monoisotopic (exact) mass is 414 g/mol. The van der Waals surface area contributed by atoms with Crippen molar-refractivity contribution in [3.8, 4) is 28.7 Å². The summed E-state index contributed by atoms with van der Waals surface area (Å²) in [5.74, 6) is 1.98. The van der Waals surface area contributed by atoms with Crippen LogP contribution in [0.15, 0.2) is 48.1 Å². The van der Waals surface area contributed by atoms with E-state index in [-0.39, 0.29) is 6.61 Å². The van der Waals surface area contributed by atoms with Crippen LogP contribution in [0.25, 0.3) is 0 Å². The largest absolute Gasteiger partial charge is 0.493 e. The van der Waals surface area contributed by atoms with E-state index in [1.165, 1.54) is 27.5 Å². The van der Waals surface area contributed by atoms with E-state index in [0.29, 0.717) is 40.7 Å². The Bertz CT molecular complexity index is 911. The van der Waals surface area contributed by atoms with Gasteiger partial charge >= 0.3 is 0 Å². The summed E-state index contributed by atoms with van der Waals surface area (Å²) in [5.41, 5.74) is 4.05. The van der Waals surface area contributed by atoms with Gasteiger partial charge in [0.15, 0.2) is 29.6 Å². The van der Waals surface area contributed by atoms with Gasteiger partial charge in [0.1, 0.15) is 0 Å². The van der Waals surface area contributed by atoms with Gasteiger partial charge in [0.25, 0.3) is 5.91 Å². The number of allylic oxidation sites excluding steroid dienone is 1. The molecule has 0 atom stereocenters. The molecule has 0 bridgehead atoms. The summed E-state index contributed by atoms with van der Waals surface area (Å²) in [5, 5.41) is 3.95. The minimum atomic E-state index is -0.428. The van der Waals surface area contributed by atoms with E-state index in [1.807, 2.05) is 12.1 Å². The molecule has 160 valence electrons. The molecule has 0 aliphatic rings. The number of methoxy groups -OCH3 is 4. The number of ether oxygens (including phenoxy) is 5. The van der Waals surface area contributed by atoms with E-state index in [2.05, 4.69) is 17.1 Å². The molecule has 0 saturated heterocycles. The molecule has 30 heavy (non-hydrogen) atoms. The van der Waals surface area contributed by atoms with Crippen LogP contribution < -0.4 is 29.1 Å². The number of nitrogens with one attached hydrogen (secondary N) is 1. The number of hydrogen-bond acceptors (Lipinski definition) is 7. The fourth-order valence-electron chi connectivity index (χ4n) is 2.70. The Morgan fingerprint density at radius 3 is 2.30 bits per heavy atom. The first-order valence-electron chi connectivity index (χ1n) is 9.09. The summed E-state index contributed by atoms with van der Waals surface area (Å²) < 4.78 is 26.8. The quantitative estimate of drug-likeness (QED) is 0.346. The number of hydrazone groups is 1. The molecule has 0 radical (unpaired) electrons. The zero-order valence-corrected chi connectivity index (χ0v) is 17.6. The first-order valence-corrected chi connectivity index (χ1v) is 9.09. The lowest BCUT2D eigenvalue weighted by Crippen LogP contribution is -2.24. The van der Waals surface area contributed by atoms with Gasteiger partial charge in [-0.15, -0.1) is 6.58 Å². The Morgan fingerprint density at radius 2 is 1.67 bits per heavy atom. The normalized spacial score (nSPS) is 10.4. The van der Waals surface area contributed by atoms with Gasteiger partial charge < -0.3 is 23.7 Å². The summed E-state index contributed by atoms with van der Waals surface area (Å²) in [6.07, 6.45) is 3.96. The third-order valence-corrected chi connectivity index (χ3v) is 4.09. The predicted molar refractivity (Wildman–Crippen MR) is 114 cm³/mol. The van der Waals surface area contributed by atoms with Gasteiger partial charge in [0, 0.05) is 5.56 Å². The van der Waals surface area contributed by atoms with Crippen LogP contribution in [0, 0.1) is 0 Å². The van der Waals surface area contributed by atoms with Gasteiger partial charge in [-0.1, -0.05) is 12.1 Å². The first-order chi connectivity index (χ1) is 14.6. The number of hydrogen-bond donors (Lipinski definition) is 1. The second kappa shape index (κ2) is 11.4. The summed E-state index contributed by atoms with van der Waals surface area (Å²) in [6, 6.07) is 8.94. The number of carbonyl (C=O) groups is 1. The average molecular weight is 414 g/mol. The summed E-state index contributed by atoms with van der Waals surface area (Å²) in [7, 11) is 6.10. The Kier molecular flexibility index (Phi) is 8.56. The number of rotatable bonds is 11. The molecule has 1 N–H and O–H groups in total. The predicted octanol–water partition coefficient (Wildman–Crippen LogP) is 2.98. The van der Waals surface area contributed by atoms with Gasteiger partial charge in [-0.3, -0.25) is 4.79 Å². The van der Waals surface area contributed by atoms with Crippen molar-refractivity contribution in [2.24, 2.45) is 5.10 Å². The number of benzene rings is 2. The van der Waals surface area contributed by atoms with Gasteiger partial charge in [-0.25, -0.2) is 5.43 Å². The lowest BCUT2D eigenvalue weighted by molar-refractivity contribution is -0.123. The molecule has 0 fully saturated rings. The van der Waals surface area contributed by atoms with Crippen LogP contribution in [0.5, 0.6) is 28.7 Å². The van der Waals surface area contributed by atoms with Gasteiger partial charge in [0.2, 0.25) is 5.75 Å². The van der Waals surface area contributed by atoms with Gasteiger partial charge in [-0.05, 0) is 36.2 Å². The zero-order valence-electron chi connectivity index (χ0n) is 17.6. The molecular formula is C22H26N2O6. The molecule has 1 amide bonds. The Hall–Kier alpha value is -3.68. The van der Waals surface area contributed by atoms with Crippen molar-refractivity contribution in [1.29, 1.82) is 0 Å². The molecule has 2 aromatic rings. The van der Waals surface area contributed by atoms with Crippen molar-refractivity contribution in [2.45, 2.75) is 6.42 Å². The van der Waals surface area contributed by atoms with Crippen molar-refractivity contribution in [3.63, 3.8) is 0 Å². The fourth-order valence-corrected chi connectivity index (χ4v) is 2.70. The highest BCUT2D eigenvalue weighted by atomic mass is 16.5. The highest BCUT2D eigenvalue weighted by molar-refractivity contribution is 5.87. The maximum atomic E-state index is 12.1. The standard InChI is InChI=1S/C22H26N2O6/c1-6-7-15-8-10-17(19(12-15)27-3)30-14-20(25)24-23-13-16-9-11-18(26-2)22(29-5)21(16)28-4/h6,8-13H,1,7,14H2,2-5H3,(H,24,25)/b23-13+. The van der Waals surface area contributed by atoms with E-state index >= 15 is 0 Å². The topological polar surface area (TPSA) is 87.6 Å². The molecule has 0 saturated carbocycles. The SMILES string of the molecule is C=CCc1ccc(OCC(=O)N/N=C/c2ccc(OC)c(OC)c2OC)c(OC)c1. The molecule has 0 aliphatic heterocycles. The van der Waals surface area contributed by atoms with Crippen molar-refractivity contribution in [1.82, 2.24) is 5.43 Å². The zero-order chi connectivity index (χ0) is 21.9. The van der Waals surface area contributed by atoms with E-state index in [1.54, 1.807) is 31.4 Å². The second-order valence-electron chi connectivity index (χ2n) is 5.98. The lowest BCUT2D eigenvalue weighted by Gasteiger charge is -2.13. The Balaban J connectivity index is 2.00. The van der Waals surface area contributed by atoms with Crippen LogP contribution in [-0.2, 0) is 11.2 Å². The number of amides is 1. The number of carbonyl (C=O) groups excluding carboxylic acids is 1. The molecule has 0 spiro atoms. The van der Waals surface area contributed by atoms with Crippen molar-refractivity contribution >= 4 is 12.1 Å². The molecule has 2 rings (SSSR count). The maximum Gasteiger partial charge on any atom is 0.277 e. The van der Waals surface area contributed by atoms with Crippen molar-refractivity contribution in [3.05, 3.63) is 54.1 Å². The van der Waals surface area contributed by atoms with E-state index in [0.717, 1.165) is 5.56 Å². The molecule has 0 aromatic heterocycles. The van der Waals surface area contributed by atoms with Crippen LogP contribution in [0.3, 0.4) is 0 Å². The summed E-state index contributed by atoms with van der Waals surface area (Å²) in [4.78, 5) is 12.1. The molecule has 2 aromatic carbocycles. The Labute approximate surface area is 176 Å². The molecule has 0 heterocycles. The van der Waals surface area contributed by atoms with Gasteiger partial charge in [-0.2, -0.15) is 5.10 Å². The average Bonchev–Trinajstić information content (AvgIpc) is 2.77. The molecule has 0 aliphatic carbocycles. The fraction of sp³-hybridized carbons (Fsp3) is 0.273. The molecule has 0 unspecified atom stereocenters. The highest BCUT2D eigenvalue weighted by Crippen LogP contribution is 2.39. The lowest BCUT2D eigenvalue weighted by atomic mass is 10.1. The third-order valence-electron chi connectivity index (χ3n) is 4.09. The highest BCUT2D eigenvalue weighted by Gasteiger charge is 2.14. The second-order valence-corrected chi connectivity index (χ2v) is 5.98. The maximum absolute atomic E-state index is 12.1. The van der Waals surface area contributed by atoms with Crippen LogP contribution in [-0.4, -0.2) is 47.2 Å². The third kappa shape index (κ3) is 5.66. The van der Waals surface area contributed by atoms with Crippen LogP contribution >= 0.6 is 0 Å². The van der Waals surface area contributed by atoms with E-state index < -0.39 is 5.91 Å². The van der Waals surface area contributed by atoms with Crippen molar-refractivity contribution < 1.29 is 28.5 Å². The van der Waals surface area contributed by atoms with Crippen LogP contribution in [0.1, 0.15) is 11.1 Å². The van der Waals surface area contributed by atoms with Gasteiger partial charge in [0.05, 0.1) is 34.7 Å². The van der Waals surface area contributed by atoms with Crippen LogP contribution in [0.2, 0.25) is 0 Å². The Morgan fingerprint density at radius 1 is 0.967 bits per heavy atom. The number of nitrogens with zero attached hydrogens (tertiary/aromatic N) is 1. The minimum absolute atomic E-state index is 0.225. The summed E-state index contributed by atoms with van der Waals surface area (Å²) >= 11 is 0. The molecule has 8 heteroatoms. The molecule has 8 nitrogen and oxygen atoms in total. The first kappa shape index (κ1) is 22.6. The van der Waals surface area contributed by atoms with Crippen molar-refractivity contribution in [2.75, 3.05) is 35.0 Å².